The maximum absolute atomic E-state index is 13.4. The Hall–Kier alpha value is -3.49. The summed E-state index contributed by atoms with van der Waals surface area (Å²) in [5.74, 6) is -0.886. The van der Waals surface area contributed by atoms with Gasteiger partial charge in [0.05, 0.1) is 33.8 Å². The number of aliphatic hydroxyl groups excluding tert-OH is 1. The maximum Gasteiger partial charge on any atom is 0.296 e. The highest BCUT2D eigenvalue weighted by atomic mass is 32.1. The topological polar surface area (TPSA) is 79.7 Å². The van der Waals surface area contributed by atoms with Crippen molar-refractivity contribution in [2.75, 3.05) is 12.0 Å². The van der Waals surface area contributed by atoms with Gasteiger partial charge in [0.2, 0.25) is 5.78 Å². The fraction of sp³-hybridized carbons (Fsp3) is 0.160. The second-order valence-corrected chi connectivity index (χ2v) is 9.53. The SMILES string of the molecule is CCc1ccc2nc(N3C(=O)C(O)=C(C(=O)c4cccs4)[C@@H]3c3ccc(OC)cc3)sc2c1. The number of hydrogen-bond donors (Lipinski definition) is 1. The Labute approximate surface area is 198 Å². The Morgan fingerprint density at radius 2 is 1.97 bits per heavy atom. The molecule has 0 saturated heterocycles. The van der Waals surface area contributed by atoms with E-state index < -0.39 is 17.7 Å². The Kier molecular flexibility index (Phi) is 5.47. The molecular weight excluding hydrogens is 456 g/mol. The first kappa shape index (κ1) is 21.4. The molecular formula is C25H20N2O4S2. The molecule has 0 saturated carbocycles. The van der Waals surface area contributed by atoms with Crippen LogP contribution in [0.3, 0.4) is 0 Å². The minimum absolute atomic E-state index is 0.0566. The van der Waals surface area contributed by atoms with Crippen molar-refractivity contribution in [1.82, 2.24) is 4.98 Å². The number of aryl methyl sites for hydroxylation is 1. The summed E-state index contributed by atoms with van der Waals surface area (Å²) in [6, 6.07) is 15.8. The summed E-state index contributed by atoms with van der Waals surface area (Å²) >= 11 is 2.64. The number of carbonyl (C=O) groups is 2. The second kappa shape index (κ2) is 8.46. The number of hydrogen-bond acceptors (Lipinski definition) is 7. The van der Waals surface area contributed by atoms with Gasteiger partial charge in [-0.15, -0.1) is 11.3 Å². The molecule has 1 aliphatic rings. The van der Waals surface area contributed by atoms with Crippen LogP contribution < -0.4 is 9.64 Å². The number of thiophene rings is 1. The van der Waals surface area contributed by atoms with Gasteiger partial charge in [0.25, 0.3) is 5.91 Å². The number of thiazole rings is 1. The zero-order valence-corrected chi connectivity index (χ0v) is 19.6. The van der Waals surface area contributed by atoms with E-state index in [2.05, 4.69) is 18.0 Å². The van der Waals surface area contributed by atoms with E-state index in [1.54, 1.807) is 48.9 Å². The van der Waals surface area contributed by atoms with Crippen molar-refractivity contribution in [3.05, 3.63) is 87.3 Å². The molecule has 5 rings (SSSR count). The number of nitrogens with zero attached hydrogens (tertiary/aromatic N) is 2. The number of Topliss-reactive ketones (excluding diaryl/α,β-unsaturated/α-hetero) is 1. The number of amides is 1. The lowest BCUT2D eigenvalue weighted by molar-refractivity contribution is -0.117. The average Bonchev–Trinajstić information content (AvgIpc) is 3.57. The van der Waals surface area contributed by atoms with Crippen LogP contribution in [0.2, 0.25) is 0 Å². The first-order chi connectivity index (χ1) is 16.0. The first-order valence-electron chi connectivity index (χ1n) is 10.4. The molecule has 1 aliphatic heterocycles. The number of carbonyl (C=O) groups excluding carboxylic acids is 2. The molecule has 0 bridgehead atoms. The molecule has 2 aromatic carbocycles. The third kappa shape index (κ3) is 3.61. The molecule has 1 N–H and O–H groups in total. The Bertz CT molecular complexity index is 1390. The van der Waals surface area contributed by atoms with Gasteiger partial charge in [-0.3, -0.25) is 14.5 Å². The summed E-state index contributed by atoms with van der Waals surface area (Å²) < 4.78 is 6.21. The van der Waals surface area contributed by atoms with E-state index in [0.717, 1.165) is 16.6 Å². The standard InChI is InChI=1S/C25H20N2O4S2/c1-3-14-6-11-17-19(13-14)33-25(26-17)27-21(15-7-9-16(31-2)10-8-15)20(23(29)24(27)30)22(28)18-5-4-12-32-18/h4-13,21,29H,3H2,1-2H3/t21-/m0/s1. The van der Waals surface area contributed by atoms with Gasteiger partial charge in [0.1, 0.15) is 5.75 Å². The van der Waals surface area contributed by atoms with Gasteiger partial charge in [-0.05, 0) is 53.3 Å². The molecule has 4 aromatic rings. The predicted octanol–water partition coefficient (Wildman–Crippen LogP) is 5.71. The van der Waals surface area contributed by atoms with Crippen molar-refractivity contribution in [2.45, 2.75) is 19.4 Å². The van der Waals surface area contributed by atoms with Gasteiger partial charge >= 0.3 is 0 Å². The average molecular weight is 477 g/mol. The zero-order valence-electron chi connectivity index (χ0n) is 17.9. The van der Waals surface area contributed by atoms with Crippen molar-refractivity contribution in [3.63, 3.8) is 0 Å². The van der Waals surface area contributed by atoms with E-state index in [4.69, 9.17) is 4.74 Å². The maximum atomic E-state index is 13.4. The summed E-state index contributed by atoms with van der Waals surface area (Å²) in [7, 11) is 1.57. The molecule has 3 heterocycles. The van der Waals surface area contributed by atoms with Crippen LogP contribution in [0.15, 0.2) is 71.3 Å². The Morgan fingerprint density at radius 3 is 2.64 bits per heavy atom. The predicted molar refractivity (Wildman–Crippen MR) is 131 cm³/mol. The van der Waals surface area contributed by atoms with Gasteiger partial charge in [-0.2, -0.15) is 0 Å². The molecule has 166 valence electrons. The minimum Gasteiger partial charge on any atom is -0.503 e. The van der Waals surface area contributed by atoms with Crippen LogP contribution in [0, 0.1) is 0 Å². The van der Waals surface area contributed by atoms with E-state index in [-0.39, 0.29) is 11.4 Å². The van der Waals surface area contributed by atoms with Crippen LogP contribution in [-0.2, 0) is 11.2 Å². The van der Waals surface area contributed by atoms with Crippen molar-refractivity contribution in [3.8, 4) is 5.75 Å². The number of anilines is 1. The van der Waals surface area contributed by atoms with E-state index >= 15 is 0 Å². The van der Waals surface area contributed by atoms with Crippen LogP contribution in [0.25, 0.3) is 10.2 Å². The molecule has 2 aromatic heterocycles. The summed E-state index contributed by atoms with van der Waals surface area (Å²) in [5.41, 5.74) is 2.68. The number of benzene rings is 2. The smallest absolute Gasteiger partial charge is 0.296 e. The summed E-state index contributed by atoms with van der Waals surface area (Å²) in [4.78, 5) is 33.2. The largest absolute Gasteiger partial charge is 0.503 e. The fourth-order valence-corrected chi connectivity index (χ4v) is 5.69. The Morgan fingerprint density at radius 1 is 1.18 bits per heavy atom. The van der Waals surface area contributed by atoms with Gasteiger partial charge < -0.3 is 9.84 Å². The fourth-order valence-electron chi connectivity index (χ4n) is 3.96. The first-order valence-corrected chi connectivity index (χ1v) is 12.1. The lowest BCUT2D eigenvalue weighted by Gasteiger charge is -2.24. The van der Waals surface area contributed by atoms with Gasteiger partial charge in [0, 0.05) is 0 Å². The highest BCUT2D eigenvalue weighted by Gasteiger charge is 2.46. The molecule has 8 heteroatoms. The van der Waals surface area contributed by atoms with Crippen LogP contribution in [0.4, 0.5) is 5.13 Å². The minimum atomic E-state index is -0.802. The highest BCUT2D eigenvalue weighted by molar-refractivity contribution is 7.22. The van der Waals surface area contributed by atoms with Crippen LogP contribution in [-0.4, -0.2) is 28.9 Å². The van der Waals surface area contributed by atoms with E-state index in [9.17, 15) is 14.7 Å². The molecule has 1 atom stereocenters. The number of fused-ring (bicyclic) bond motifs is 1. The summed E-state index contributed by atoms with van der Waals surface area (Å²) in [5, 5.41) is 13.1. The zero-order chi connectivity index (χ0) is 23.1. The van der Waals surface area contributed by atoms with Crippen molar-refractivity contribution in [1.29, 1.82) is 0 Å². The van der Waals surface area contributed by atoms with Crippen LogP contribution in [0.5, 0.6) is 5.75 Å². The van der Waals surface area contributed by atoms with Crippen LogP contribution in [0.1, 0.15) is 33.8 Å². The quantitative estimate of drug-likeness (QED) is 0.361. The second-order valence-electron chi connectivity index (χ2n) is 7.57. The number of ether oxygens (including phenoxy) is 1. The summed E-state index contributed by atoms with van der Waals surface area (Å²) in [6.07, 6.45) is 0.891. The molecule has 6 nitrogen and oxygen atoms in total. The van der Waals surface area contributed by atoms with Crippen molar-refractivity contribution >= 4 is 49.7 Å². The van der Waals surface area contributed by atoms with E-state index in [1.165, 1.54) is 33.1 Å². The number of rotatable bonds is 6. The highest BCUT2D eigenvalue weighted by Crippen LogP contribution is 2.44. The van der Waals surface area contributed by atoms with Crippen molar-refractivity contribution in [2.24, 2.45) is 0 Å². The van der Waals surface area contributed by atoms with Gasteiger partial charge in [-0.25, -0.2) is 4.98 Å². The van der Waals surface area contributed by atoms with Crippen LogP contribution >= 0.6 is 22.7 Å². The Balaban J connectivity index is 1.66. The number of methoxy groups -OCH3 is 1. The molecule has 0 aliphatic carbocycles. The number of aromatic nitrogens is 1. The van der Waals surface area contributed by atoms with E-state index in [1.807, 2.05) is 12.1 Å². The molecule has 0 fully saturated rings. The molecule has 1 amide bonds. The normalized spacial score (nSPS) is 16.1. The molecule has 33 heavy (non-hydrogen) atoms. The van der Waals surface area contributed by atoms with Gasteiger partial charge in [-0.1, -0.05) is 42.5 Å². The lowest BCUT2D eigenvalue weighted by Crippen LogP contribution is -2.30. The monoisotopic (exact) mass is 476 g/mol. The van der Waals surface area contributed by atoms with Gasteiger partial charge in [0.15, 0.2) is 10.9 Å². The molecule has 0 spiro atoms. The third-order valence-electron chi connectivity index (χ3n) is 5.69. The molecule has 0 unspecified atom stereocenters. The van der Waals surface area contributed by atoms with E-state index in [0.29, 0.717) is 21.3 Å². The molecule has 0 radical (unpaired) electrons. The van der Waals surface area contributed by atoms with Crippen molar-refractivity contribution < 1.29 is 19.4 Å². The summed E-state index contributed by atoms with van der Waals surface area (Å²) in [6.45, 7) is 2.08. The third-order valence-corrected chi connectivity index (χ3v) is 7.57. The number of aliphatic hydroxyl groups is 1. The lowest BCUT2D eigenvalue weighted by atomic mass is 9.95. The number of ketones is 1.